The molecule has 0 aromatic heterocycles. The van der Waals surface area contributed by atoms with E-state index < -0.39 is 0 Å². The monoisotopic (exact) mass is 921 g/mol. The van der Waals surface area contributed by atoms with Gasteiger partial charge in [-0.1, -0.05) is 143 Å². The Balaban J connectivity index is 1.27. The summed E-state index contributed by atoms with van der Waals surface area (Å²) in [6.07, 6.45) is 27.7. The topological polar surface area (TPSA) is 81.2 Å². The lowest BCUT2D eigenvalue weighted by Gasteiger charge is -2.38. The van der Waals surface area contributed by atoms with Crippen LogP contribution in [-0.2, 0) is 0 Å². The van der Waals surface area contributed by atoms with E-state index in [2.05, 4.69) is 61.8 Å². The van der Waals surface area contributed by atoms with Crippen LogP contribution in [0.4, 0.5) is 11.4 Å². The van der Waals surface area contributed by atoms with Gasteiger partial charge in [-0.2, -0.15) is 0 Å². The number of hydrogen-bond acceptors (Lipinski definition) is 6. The second kappa shape index (κ2) is 21.9. The molecule has 4 aliphatic heterocycles. The molecule has 0 N–H and O–H groups in total. The molecule has 364 valence electrons. The summed E-state index contributed by atoms with van der Waals surface area (Å²) in [5, 5.41) is 7.60. The number of carbonyl (C=O) groups is 4. The Morgan fingerprint density at radius 3 is 1.01 bits per heavy atom. The van der Waals surface area contributed by atoms with Crippen LogP contribution in [0, 0.1) is 0 Å². The highest BCUT2D eigenvalue weighted by molar-refractivity contribution is 6.44. The third kappa shape index (κ3) is 9.00. The first-order valence-corrected chi connectivity index (χ1v) is 27.9. The third-order valence-electron chi connectivity index (χ3n) is 16.5. The van der Waals surface area contributed by atoms with Crippen LogP contribution in [0.2, 0.25) is 0 Å². The van der Waals surface area contributed by atoms with Crippen LogP contribution in [0.5, 0.6) is 0 Å². The van der Waals surface area contributed by atoms with Gasteiger partial charge in [-0.05, 0) is 99.2 Å². The largest absolute Gasteiger partial charge is 0.371 e. The fourth-order valence-electron chi connectivity index (χ4n) is 12.9. The predicted molar refractivity (Wildman–Crippen MR) is 283 cm³/mol. The molecule has 0 spiro atoms. The molecule has 8 heteroatoms. The quantitative estimate of drug-likeness (QED) is 0.0265. The Morgan fingerprint density at radius 2 is 0.691 bits per heavy atom. The van der Waals surface area contributed by atoms with Gasteiger partial charge in [0.1, 0.15) is 0 Å². The number of imide groups is 2. The van der Waals surface area contributed by atoms with Gasteiger partial charge in [0.15, 0.2) is 0 Å². The van der Waals surface area contributed by atoms with Crippen molar-refractivity contribution in [2.75, 3.05) is 36.0 Å². The van der Waals surface area contributed by atoms with Crippen LogP contribution < -0.4 is 9.80 Å². The number of carbonyl (C=O) groups excluding carboxylic acids is 4. The molecule has 4 aliphatic rings. The van der Waals surface area contributed by atoms with Crippen LogP contribution in [0.3, 0.4) is 0 Å². The molecule has 0 aliphatic carbocycles. The molecular weight excluding hydrogens is 841 g/mol. The Morgan fingerprint density at radius 1 is 0.368 bits per heavy atom. The van der Waals surface area contributed by atoms with Crippen molar-refractivity contribution in [2.45, 2.75) is 207 Å². The zero-order valence-corrected chi connectivity index (χ0v) is 42.3. The Hall–Kier alpha value is -4.72. The highest BCUT2D eigenvalue weighted by Crippen LogP contribution is 2.53. The van der Waals surface area contributed by atoms with E-state index in [1.54, 1.807) is 9.80 Å². The lowest BCUT2D eigenvalue weighted by molar-refractivity contribution is 0.0501. The maximum Gasteiger partial charge on any atom is 0.261 e. The molecule has 5 aromatic carbocycles. The Kier molecular flexibility index (Phi) is 15.6. The third-order valence-corrected chi connectivity index (χ3v) is 16.5. The van der Waals surface area contributed by atoms with Crippen LogP contribution in [0.15, 0.2) is 36.4 Å². The minimum Gasteiger partial charge on any atom is -0.371 e. The maximum absolute atomic E-state index is 15.4. The molecule has 0 saturated carbocycles. The molecule has 4 heterocycles. The first-order valence-electron chi connectivity index (χ1n) is 27.9. The first kappa shape index (κ1) is 48.3. The molecule has 2 fully saturated rings. The normalized spacial score (nSPS) is 16.8. The Labute approximate surface area is 406 Å². The molecule has 0 bridgehead atoms. The fraction of sp³-hybridized carbons (Fsp3) is 0.600. The summed E-state index contributed by atoms with van der Waals surface area (Å²) < 4.78 is 0. The average Bonchev–Trinajstić information content (AvgIpc) is 3.36. The summed E-state index contributed by atoms with van der Waals surface area (Å²) in [6.45, 7) is 12.5. The minimum atomic E-state index is -0.163. The fourth-order valence-corrected chi connectivity index (χ4v) is 12.9. The average molecular weight is 921 g/mol. The summed E-state index contributed by atoms with van der Waals surface area (Å²) in [6, 6.07) is 12.3. The number of unbranched alkanes of at least 4 members (excludes halogenated alkanes) is 12. The Bertz CT molecular complexity index is 2420. The van der Waals surface area contributed by atoms with Crippen molar-refractivity contribution in [1.82, 2.24) is 9.80 Å². The lowest BCUT2D eigenvalue weighted by Crippen LogP contribution is -2.47. The predicted octanol–water partition coefficient (Wildman–Crippen LogP) is 15.5. The van der Waals surface area contributed by atoms with Crippen molar-refractivity contribution < 1.29 is 19.2 Å². The van der Waals surface area contributed by atoms with E-state index in [4.69, 9.17) is 0 Å². The highest BCUT2D eigenvalue weighted by Gasteiger charge is 2.42. The molecule has 0 radical (unpaired) electrons. The van der Waals surface area contributed by atoms with Crippen molar-refractivity contribution >= 4 is 78.1 Å². The van der Waals surface area contributed by atoms with Crippen molar-refractivity contribution in [3.8, 4) is 0 Å². The van der Waals surface area contributed by atoms with Crippen molar-refractivity contribution in [3.63, 3.8) is 0 Å². The molecule has 0 atom stereocenters. The maximum atomic E-state index is 15.4. The number of benzene rings is 5. The van der Waals surface area contributed by atoms with Crippen LogP contribution in [-0.4, -0.2) is 71.7 Å². The van der Waals surface area contributed by atoms with E-state index in [-0.39, 0.29) is 35.7 Å². The van der Waals surface area contributed by atoms with Gasteiger partial charge in [-0.3, -0.25) is 29.0 Å². The van der Waals surface area contributed by atoms with Gasteiger partial charge in [0, 0.05) is 93.1 Å². The molecule has 2 saturated heterocycles. The van der Waals surface area contributed by atoms with E-state index in [0.29, 0.717) is 22.3 Å². The highest BCUT2D eigenvalue weighted by atomic mass is 16.2. The van der Waals surface area contributed by atoms with Crippen LogP contribution in [0.1, 0.15) is 236 Å². The number of piperidine rings is 2. The number of rotatable bonds is 24. The zero-order valence-electron chi connectivity index (χ0n) is 42.3. The van der Waals surface area contributed by atoms with Gasteiger partial charge in [0.05, 0.1) is 11.1 Å². The molecule has 68 heavy (non-hydrogen) atoms. The van der Waals surface area contributed by atoms with E-state index in [1.807, 2.05) is 12.1 Å². The van der Waals surface area contributed by atoms with Crippen molar-refractivity contribution in [2.24, 2.45) is 0 Å². The van der Waals surface area contributed by atoms with Gasteiger partial charge in [-0.25, -0.2) is 0 Å². The molecule has 4 amide bonds. The van der Waals surface area contributed by atoms with E-state index in [0.717, 1.165) is 235 Å². The molecular formula is C60H80N4O4. The molecule has 9 rings (SSSR count). The summed E-state index contributed by atoms with van der Waals surface area (Å²) in [4.78, 5) is 69.6. The number of anilines is 2. The van der Waals surface area contributed by atoms with Gasteiger partial charge < -0.3 is 9.80 Å². The second-order valence-corrected chi connectivity index (χ2v) is 21.2. The first-order chi connectivity index (χ1) is 33.3. The molecule has 5 aromatic rings. The van der Waals surface area contributed by atoms with Crippen molar-refractivity contribution in [1.29, 1.82) is 0 Å². The number of amides is 4. The summed E-state index contributed by atoms with van der Waals surface area (Å²) in [5.41, 5.74) is 4.63. The zero-order chi connectivity index (χ0) is 47.3. The SMILES string of the molecule is CCCCCCC(CCCCCC)N1C(=O)c2ccc3c4ccc5c6c(cc(N7CCCCC7)c(c7c(N8CCCCC8)cc(c2c37)C1=O)c64)C(=O)N(C(CCCCCC)CCCCCC)C5=O. The standard InChI is InChI=1S/C60H80N4O4/c1-5-9-13-19-27-41(28-20-14-10-6-2)63-57(65)45-33-31-43-44-32-34-46-52-48(60(68)64(58(46)66)42(29-21-15-11-7-3)30-22-16-12-8-4)40-50(62-37-25-18-26-38-62)56(54(44)52)55-49(61-35-23-17-24-36-61)39-47(59(63)67)51(45)53(43)55/h31-34,39-42H,5-30,35-38H2,1-4H3. The number of hydrogen-bond donors (Lipinski definition) is 0. The van der Waals surface area contributed by atoms with Gasteiger partial charge in [0.25, 0.3) is 23.6 Å². The summed E-state index contributed by atoms with van der Waals surface area (Å²) >= 11 is 0. The van der Waals surface area contributed by atoms with Gasteiger partial charge in [0.2, 0.25) is 0 Å². The van der Waals surface area contributed by atoms with Crippen molar-refractivity contribution in [3.05, 3.63) is 58.7 Å². The van der Waals surface area contributed by atoms with Crippen LogP contribution >= 0.6 is 0 Å². The summed E-state index contributed by atoms with van der Waals surface area (Å²) in [7, 11) is 0. The van der Waals surface area contributed by atoms with E-state index >= 15 is 19.2 Å². The molecule has 8 nitrogen and oxygen atoms in total. The van der Waals surface area contributed by atoms with E-state index in [9.17, 15) is 0 Å². The number of nitrogens with zero attached hydrogens (tertiary/aromatic N) is 4. The second-order valence-electron chi connectivity index (χ2n) is 21.2. The summed E-state index contributed by atoms with van der Waals surface area (Å²) in [5.74, 6) is -0.626. The molecule has 0 unspecified atom stereocenters. The van der Waals surface area contributed by atoms with E-state index in [1.165, 1.54) is 12.8 Å². The smallest absolute Gasteiger partial charge is 0.261 e. The minimum absolute atomic E-state index is 0.137. The number of fused-ring (bicyclic) bond motifs is 2. The lowest BCUT2D eigenvalue weighted by atomic mass is 9.80. The van der Waals surface area contributed by atoms with Gasteiger partial charge in [-0.15, -0.1) is 0 Å². The van der Waals surface area contributed by atoms with Crippen LogP contribution in [0.25, 0.3) is 43.1 Å². The van der Waals surface area contributed by atoms with Gasteiger partial charge >= 0.3 is 0 Å².